The highest BCUT2D eigenvalue weighted by molar-refractivity contribution is 5.93. The average molecular weight is 297 g/mol. The van der Waals surface area contributed by atoms with E-state index in [1.54, 1.807) is 0 Å². The van der Waals surface area contributed by atoms with Gasteiger partial charge in [0.15, 0.2) is 0 Å². The van der Waals surface area contributed by atoms with E-state index in [0.29, 0.717) is 18.9 Å². The van der Waals surface area contributed by atoms with Crippen molar-refractivity contribution >= 4 is 12.0 Å². The van der Waals surface area contributed by atoms with E-state index in [4.69, 9.17) is 4.74 Å². The van der Waals surface area contributed by atoms with Gasteiger partial charge in [0.1, 0.15) is 6.61 Å². The first-order valence-corrected chi connectivity index (χ1v) is 8.60. The van der Waals surface area contributed by atoms with Crippen molar-refractivity contribution in [1.29, 1.82) is 0 Å². The topological polar surface area (TPSA) is 46.6 Å². The van der Waals surface area contributed by atoms with Gasteiger partial charge in [-0.25, -0.2) is 9.69 Å². The molecule has 0 aliphatic carbocycles. The maximum Gasteiger partial charge on any atom is 0.416 e. The van der Waals surface area contributed by atoms with Crippen molar-refractivity contribution in [3.63, 3.8) is 0 Å². The summed E-state index contributed by atoms with van der Waals surface area (Å²) in [4.78, 5) is 25.3. The van der Waals surface area contributed by atoms with E-state index in [0.717, 1.165) is 19.3 Å². The number of hydrogen-bond acceptors (Lipinski definition) is 3. The van der Waals surface area contributed by atoms with Gasteiger partial charge in [-0.2, -0.15) is 0 Å². The molecule has 2 unspecified atom stereocenters. The number of carbonyl (C=O) groups is 2. The van der Waals surface area contributed by atoms with Gasteiger partial charge in [-0.3, -0.25) is 4.79 Å². The molecular formula is C17H31NO3. The quantitative estimate of drug-likeness (QED) is 0.557. The average Bonchev–Trinajstić information content (AvgIpc) is 2.87. The van der Waals surface area contributed by atoms with Crippen molar-refractivity contribution in [2.24, 2.45) is 5.92 Å². The molecule has 0 N–H and O–H groups in total. The molecular weight excluding hydrogens is 266 g/mol. The molecule has 2 atom stereocenters. The van der Waals surface area contributed by atoms with E-state index in [9.17, 15) is 9.59 Å². The molecule has 21 heavy (non-hydrogen) atoms. The summed E-state index contributed by atoms with van der Waals surface area (Å²) in [6.45, 7) is 6.71. The Kier molecular flexibility index (Phi) is 8.40. The Labute approximate surface area is 129 Å². The lowest BCUT2D eigenvalue weighted by Crippen LogP contribution is -2.42. The first-order chi connectivity index (χ1) is 10.1. The normalized spacial score (nSPS) is 19.7. The first kappa shape index (κ1) is 18.0. The van der Waals surface area contributed by atoms with Gasteiger partial charge in [0.25, 0.3) is 0 Å². The van der Waals surface area contributed by atoms with Crippen LogP contribution in [0.2, 0.25) is 0 Å². The lowest BCUT2D eigenvalue weighted by Gasteiger charge is -2.24. The number of ether oxygens (including phenoxy) is 1. The highest BCUT2D eigenvalue weighted by Crippen LogP contribution is 2.23. The van der Waals surface area contributed by atoms with Crippen molar-refractivity contribution in [3.05, 3.63) is 0 Å². The summed E-state index contributed by atoms with van der Waals surface area (Å²) in [5.41, 5.74) is 0. The number of amides is 2. The minimum Gasteiger partial charge on any atom is -0.447 e. The molecule has 0 radical (unpaired) electrons. The molecule has 1 fully saturated rings. The number of nitrogens with zero attached hydrogens (tertiary/aromatic N) is 1. The number of carbonyl (C=O) groups excluding carboxylic acids is 2. The molecule has 4 nitrogen and oxygen atoms in total. The highest BCUT2D eigenvalue weighted by Gasteiger charge is 2.39. The standard InChI is InChI=1S/C17H31NO3/c1-4-6-7-8-9-10-11-12-16(19)18-15(14(3)5-2)13-21-17(18)20/h14-15H,4-13H2,1-3H3. The lowest BCUT2D eigenvalue weighted by molar-refractivity contribution is -0.130. The number of imide groups is 1. The van der Waals surface area contributed by atoms with Crippen LogP contribution in [0.5, 0.6) is 0 Å². The van der Waals surface area contributed by atoms with Gasteiger partial charge in [0, 0.05) is 6.42 Å². The van der Waals surface area contributed by atoms with E-state index in [2.05, 4.69) is 20.8 Å². The largest absolute Gasteiger partial charge is 0.447 e. The molecule has 0 bridgehead atoms. The predicted octanol–water partition coefficient (Wildman–Crippen LogP) is 4.52. The molecule has 122 valence electrons. The molecule has 0 aromatic carbocycles. The first-order valence-electron chi connectivity index (χ1n) is 8.60. The maximum atomic E-state index is 12.2. The zero-order valence-corrected chi connectivity index (χ0v) is 13.9. The lowest BCUT2D eigenvalue weighted by atomic mass is 9.98. The van der Waals surface area contributed by atoms with Gasteiger partial charge < -0.3 is 4.74 Å². The van der Waals surface area contributed by atoms with Gasteiger partial charge in [-0.05, 0) is 12.3 Å². The van der Waals surface area contributed by atoms with Crippen molar-refractivity contribution in [2.75, 3.05) is 6.61 Å². The Balaban J connectivity index is 2.28. The molecule has 0 spiro atoms. The fourth-order valence-corrected chi connectivity index (χ4v) is 2.77. The van der Waals surface area contributed by atoms with Crippen molar-refractivity contribution in [3.8, 4) is 0 Å². The van der Waals surface area contributed by atoms with E-state index >= 15 is 0 Å². The fraction of sp³-hybridized carbons (Fsp3) is 0.882. The van der Waals surface area contributed by atoms with Crippen LogP contribution in [0.1, 0.15) is 78.6 Å². The summed E-state index contributed by atoms with van der Waals surface area (Å²) >= 11 is 0. The van der Waals surface area contributed by atoms with Gasteiger partial charge >= 0.3 is 6.09 Å². The third kappa shape index (κ3) is 5.68. The molecule has 1 aliphatic rings. The maximum absolute atomic E-state index is 12.2. The Morgan fingerprint density at radius 2 is 1.81 bits per heavy atom. The molecule has 0 aromatic heterocycles. The SMILES string of the molecule is CCCCCCCCCC(=O)N1C(=O)OCC1C(C)CC. The Morgan fingerprint density at radius 3 is 2.43 bits per heavy atom. The van der Waals surface area contributed by atoms with E-state index in [1.807, 2.05) is 0 Å². The van der Waals surface area contributed by atoms with Crippen LogP contribution in [-0.4, -0.2) is 29.5 Å². The van der Waals surface area contributed by atoms with Crippen LogP contribution < -0.4 is 0 Å². The third-order valence-corrected chi connectivity index (χ3v) is 4.47. The van der Waals surface area contributed by atoms with Crippen LogP contribution in [0.15, 0.2) is 0 Å². The molecule has 1 saturated heterocycles. The van der Waals surface area contributed by atoms with E-state index < -0.39 is 6.09 Å². The molecule has 1 aliphatic heterocycles. The number of unbranched alkanes of at least 4 members (excludes halogenated alkanes) is 6. The van der Waals surface area contributed by atoms with Gasteiger partial charge in [-0.15, -0.1) is 0 Å². The zero-order valence-electron chi connectivity index (χ0n) is 13.9. The summed E-state index contributed by atoms with van der Waals surface area (Å²) in [7, 11) is 0. The van der Waals surface area contributed by atoms with E-state index in [-0.39, 0.29) is 11.9 Å². The third-order valence-electron chi connectivity index (χ3n) is 4.47. The molecule has 1 heterocycles. The van der Waals surface area contributed by atoms with Crippen LogP contribution in [0.3, 0.4) is 0 Å². The summed E-state index contributed by atoms with van der Waals surface area (Å²) in [5, 5.41) is 0. The Hall–Kier alpha value is -1.06. The van der Waals surface area contributed by atoms with Crippen LogP contribution in [-0.2, 0) is 9.53 Å². The van der Waals surface area contributed by atoms with E-state index in [1.165, 1.54) is 37.0 Å². The molecule has 1 rings (SSSR count). The number of rotatable bonds is 10. The minimum atomic E-state index is -0.451. The monoisotopic (exact) mass is 297 g/mol. The van der Waals surface area contributed by atoms with Crippen LogP contribution in [0.25, 0.3) is 0 Å². The molecule has 0 aromatic rings. The smallest absolute Gasteiger partial charge is 0.416 e. The summed E-state index contributed by atoms with van der Waals surface area (Å²) < 4.78 is 5.06. The van der Waals surface area contributed by atoms with Crippen molar-refractivity contribution in [1.82, 2.24) is 4.90 Å². The van der Waals surface area contributed by atoms with Crippen molar-refractivity contribution in [2.45, 2.75) is 84.6 Å². The number of cyclic esters (lactones) is 1. The fourth-order valence-electron chi connectivity index (χ4n) is 2.77. The predicted molar refractivity (Wildman–Crippen MR) is 84.0 cm³/mol. The second-order valence-electron chi connectivity index (χ2n) is 6.16. The summed E-state index contributed by atoms with van der Waals surface area (Å²) in [5.74, 6) is 0.241. The van der Waals surface area contributed by atoms with Crippen molar-refractivity contribution < 1.29 is 14.3 Å². The summed E-state index contributed by atoms with van der Waals surface area (Å²) in [6, 6.07) is -0.0699. The summed E-state index contributed by atoms with van der Waals surface area (Å²) in [6.07, 6.45) is 9.21. The Bertz CT molecular complexity index is 330. The van der Waals surface area contributed by atoms with Crippen LogP contribution >= 0.6 is 0 Å². The number of hydrogen-bond donors (Lipinski definition) is 0. The minimum absolute atomic E-state index is 0.0589. The second kappa shape index (κ2) is 9.80. The molecule has 0 saturated carbocycles. The van der Waals surface area contributed by atoms with Gasteiger partial charge in [0.2, 0.25) is 5.91 Å². The van der Waals surface area contributed by atoms with Crippen LogP contribution in [0.4, 0.5) is 4.79 Å². The van der Waals surface area contributed by atoms with Gasteiger partial charge in [0.05, 0.1) is 6.04 Å². The molecule has 2 amide bonds. The second-order valence-corrected chi connectivity index (χ2v) is 6.16. The highest BCUT2D eigenvalue weighted by atomic mass is 16.6. The molecule has 4 heteroatoms. The Morgan fingerprint density at radius 1 is 1.19 bits per heavy atom. The van der Waals surface area contributed by atoms with Gasteiger partial charge in [-0.1, -0.05) is 65.7 Å². The van der Waals surface area contributed by atoms with Crippen LogP contribution in [0, 0.1) is 5.92 Å². The zero-order chi connectivity index (χ0) is 15.7.